The van der Waals surface area contributed by atoms with Crippen molar-refractivity contribution >= 4 is 23.7 Å². The summed E-state index contributed by atoms with van der Waals surface area (Å²) in [5, 5.41) is 4.61. The Bertz CT molecular complexity index is 1040. The van der Waals surface area contributed by atoms with Gasteiger partial charge in [0.1, 0.15) is 18.1 Å². The Morgan fingerprint density at radius 1 is 1.18 bits per heavy atom. The summed E-state index contributed by atoms with van der Waals surface area (Å²) in [6.45, 7) is 2.06. The minimum atomic E-state index is -0.770. The van der Waals surface area contributed by atoms with Gasteiger partial charge in [-0.05, 0) is 42.8 Å². The topological polar surface area (TPSA) is 73.1 Å². The molecule has 2 heterocycles. The molecule has 4 rings (SSSR count). The third kappa shape index (κ3) is 3.87. The number of hydrazone groups is 1. The molecule has 3 aromatic rings. The zero-order valence-electron chi connectivity index (χ0n) is 15.0. The predicted octanol–water partition coefficient (Wildman–Crippen LogP) is 4.20. The van der Waals surface area contributed by atoms with E-state index in [0.717, 1.165) is 11.1 Å². The van der Waals surface area contributed by atoms with Crippen molar-refractivity contribution in [2.75, 3.05) is 6.61 Å². The molecule has 0 fully saturated rings. The molecule has 6 nitrogen and oxygen atoms in total. The van der Waals surface area contributed by atoms with Gasteiger partial charge in [-0.2, -0.15) is 5.10 Å². The molecule has 0 bridgehead atoms. The molecule has 1 amide bonds. The molecule has 0 saturated heterocycles. The maximum Gasteiger partial charge on any atom is 0.284 e. The molecule has 2 aromatic carbocycles. The van der Waals surface area contributed by atoms with E-state index in [1.807, 2.05) is 43.3 Å². The van der Waals surface area contributed by atoms with Crippen LogP contribution in [-0.2, 0) is 4.79 Å². The number of nitrogens with one attached hydrogen (secondary N) is 1. The minimum Gasteiger partial charge on any atom is -0.485 e. The SMILES string of the molecule is Cc1ccc(-c2ccc(/C=N\NC(=O)[C@@H]3COc4ccccc4O3)o2)cc1Cl. The number of hydrogen-bond acceptors (Lipinski definition) is 5. The molecule has 1 aromatic heterocycles. The number of furan rings is 1. The van der Waals surface area contributed by atoms with E-state index in [9.17, 15) is 4.79 Å². The lowest BCUT2D eigenvalue weighted by molar-refractivity contribution is -0.130. The summed E-state index contributed by atoms with van der Waals surface area (Å²) in [5.41, 5.74) is 4.31. The second-order valence-electron chi connectivity index (χ2n) is 6.26. The summed E-state index contributed by atoms with van der Waals surface area (Å²) >= 11 is 6.16. The second kappa shape index (κ2) is 7.78. The first kappa shape index (κ1) is 18.1. The van der Waals surface area contributed by atoms with Crippen LogP contribution in [0.15, 0.2) is 64.1 Å². The normalized spacial score (nSPS) is 15.6. The van der Waals surface area contributed by atoms with Crippen LogP contribution >= 0.6 is 11.6 Å². The maximum atomic E-state index is 12.2. The molecule has 1 aliphatic heterocycles. The number of amides is 1. The predicted molar refractivity (Wildman–Crippen MR) is 106 cm³/mol. The highest BCUT2D eigenvalue weighted by Crippen LogP contribution is 2.31. The van der Waals surface area contributed by atoms with Crippen molar-refractivity contribution in [2.24, 2.45) is 5.10 Å². The number of nitrogens with zero attached hydrogens (tertiary/aromatic N) is 1. The van der Waals surface area contributed by atoms with Gasteiger partial charge in [-0.25, -0.2) is 5.43 Å². The number of hydrogen-bond donors (Lipinski definition) is 1. The van der Waals surface area contributed by atoms with Crippen molar-refractivity contribution in [3.8, 4) is 22.8 Å². The highest BCUT2D eigenvalue weighted by atomic mass is 35.5. The zero-order valence-corrected chi connectivity index (χ0v) is 15.8. The Labute approximate surface area is 166 Å². The molecule has 0 spiro atoms. The van der Waals surface area contributed by atoms with E-state index in [2.05, 4.69) is 10.5 Å². The largest absolute Gasteiger partial charge is 0.485 e. The number of para-hydroxylation sites is 2. The fraction of sp³-hybridized carbons (Fsp3) is 0.143. The highest BCUT2D eigenvalue weighted by Gasteiger charge is 2.27. The van der Waals surface area contributed by atoms with Gasteiger partial charge in [-0.15, -0.1) is 0 Å². The lowest BCUT2D eigenvalue weighted by atomic mass is 10.1. The van der Waals surface area contributed by atoms with Crippen molar-refractivity contribution in [1.82, 2.24) is 5.43 Å². The fourth-order valence-electron chi connectivity index (χ4n) is 2.70. The lowest BCUT2D eigenvalue weighted by Gasteiger charge is -2.24. The van der Waals surface area contributed by atoms with Gasteiger partial charge in [0.15, 0.2) is 11.5 Å². The van der Waals surface area contributed by atoms with Gasteiger partial charge in [0.2, 0.25) is 6.10 Å². The van der Waals surface area contributed by atoms with Gasteiger partial charge < -0.3 is 13.9 Å². The fourth-order valence-corrected chi connectivity index (χ4v) is 2.88. The first-order valence-corrected chi connectivity index (χ1v) is 9.06. The second-order valence-corrected chi connectivity index (χ2v) is 6.67. The summed E-state index contributed by atoms with van der Waals surface area (Å²) in [4.78, 5) is 12.2. The molecule has 1 aliphatic rings. The van der Waals surface area contributed by atoms with Crippen LogP contribution in [0.2, 0.25) is 5.02 Å². The van der Waals surface area contributed by atoms with E-state index in [0.29, 0.717) is 28.0 Å². The number of aryl methyl sites for hydroxylation is 1. The minimum absolute atomic E-state index is 0.122. The van der Waals surface area contributed by atoms with Crippen LogP contribution in [-0.4, -0.2) is 24.8 Å². The van der Waals surface area contributed by atoms with E-state index < -0.39 is 12.0 Å². The van der Waals surface area contributed by atoms with E-state index in [-0.39, 0.29) is 6.61 Å². The quantitative estimate of drug-likeness (QED) is 0.530. The first-order valence-electron chi connectivity index (χ1n) is 8.68. The molecular weight excluding hydrogens is 380 g/mol. The summed E-state index contributed by atoms with van der Waals surface area (Å²) < 4.78 is 16.9. The van der Waals surface area contributed by atoms with Crippen LogP contribution in [0.1, 0.15) is 11.3 Å². The smallest absolute Gasteiger partial charge is 0.284 e. The van der Waals surface area contributed by atoms with Gasteiger partial charge in [0, 0.05) is 10.6 Å². The molecule has 142 valence electrons. The summed E-state index contributed by atoms with van der Waals surface area (Å²) in [6, 6.07) is 16.5. The lowest BCUT2D eigenvalue weighted by Crippen LogP contribution is -2.42. The van der Waals surface area contributed by atoms with Crippen LogP contribution < -0.4 is 14.9 Å². The Balaban J connectivity index is 1.37. The van der Waals surface area contributed by atoms with Gasteiger partial charge >= 0.3 is 0 Å². The first-order chi connectivity index (χ1) is 13.6. The van der Waals surface area contributed by atoms with Crippen molar-refractivity contribution in [3.05, 3.63) is 70.9 Å². The third-order valence-electron chi connectivity index (χ3n) is 4.25. The summed E-state index contributed by atoms with van der Waals surface area (Å²) in [6.07, 6.45) is 0.656. The molecule has 1 N–H and O–H groups in total. The number of ether oxygens (including phenoxy) is 2. The monoisotopic (exact) mass is 396 g/mol. The molecule has 0 aliphatic carbocycles. The number of fused-ring (bicyclic) bond motifs is 1. The molecular formula is C21H17ClN2O4. The van der Waals surface area contributed by atoms with Crippen LogP contribution in [0.5, 0.6) is 11.5 Å². The molecule has 0 radical (unpaired) electrons. The number of benzene rings is 2. The average Bonchev–Trinajstić information content (AvgIpc) is 3.18. The Morgan fingerprint density at radius 3 is 2.82 bits per heavy atom. The van der Waals surface area contributed by atoms with Crippen molar-refractivity contribution < 1.29 is 18.7 Å². The standard InChI is InChI=1S/C21H17ClN2O4/c1-13-6-7-14(10-16(13)22)17-9-8-15(27-17)11-23-24-21(25)20-12-26-18-4-2-3-5-19(18)28-20/h2-11,20H,12H2,1H3,(H,24,25)/b23-11-/t20-/m0/s1. The van der Waals surface area contributed by atoms with Gasteiger partial charge in [-0.1, -0.05) is 35.9 Å². The van der Waals surface area contributed by atoms with Gasteiger partial charge in [0.05, 0.1) is 6.21 Å². The van der Waals surface area contributed by atoms with Crippen LogP contribution in [0.3, 0.4) is 0 Å². The van der Waals surface area contributed by atoms with Crippen LogP contribution in [0, 0.1) is 6.92 Å². The Morgan fingerprint density at radius 2 is 2.00 bits per heavy atom. The van der Waals surface area contributed by atoms with Crippen molar-refractivity contribution in [3.63, 3.8) is 0 Å². The van der Waals surface area contributed by atoms with Crippen LogP contribution in [0.25, 0.3) is 11.3 Å². The Kier molecular flexibility index (Phi) is 5.04. The molecule has 7 heteroatoms. The maximum absolute atomic E-state index is 12.2. The molecule has 0 unspecified atom stereocenters. The molecule has 1 atom stereocenters. The number of carbonyl (C=O) groups is 1. The van der Waals surface area contributed by atoms with E-state index in [1.54, 1.807) is 18.2 Å². The zero-order chi connectivity index (χ0) is 19.5. The Hall–Kier alpha value is -3.25. The van der Waals surface area contributed by atoms with Gasteiger partial charge in [-0.3, -0.25) is 4.79 Å². The number of rotatable bonds is 4. The van der Waals surface area contributed by atoms with Crippen molar-refractivity contribution in [2.45, 2.75) is 13.0 Å². The van der Waals surface area contributed by atoms with E-state index in [4.69, 9.17) is 25.5 Å². The van der Waals surface area contributed by atoms with E-state index in [1.165, 1.54) is 6.21 Å². The number of halogens is 1. The van der Waals surface area contributed by atoms with Gasteiger partial charge in [0.25, 0.3) is 5.91 Å². The van der Waals surface area contributed by atoms with E-state index >= 15 is 0 Å². The highest BCUT2D eigenvalue weighted by molar-refractivity contribution is 6.31. The molecule has 28 heavy (non-hydrogen) atoms. The third-order valence-corrected chi connectivity index (χ3v) is 4.66. The summed E-state index contributed by atoms with van der Waals surface area (Å²) in [7, 11) is 0. The molecule has 0 saturated carbocycles. The van der Waals surface area contributed by atoms with Crippen LogP contribution in [0.4, 0.5) is 0 Å². The van der Waals surface area contributed by atoms with Crippen molar-refractivity contribution in [1.29, 1.82) is 0 Å². The summed E-state index contributed by atoms with van der Waals surface area (Å²) in [5.74, 6) is 1.91. The average molecular weight is 397 g/mol. The number of carbonyl (C=O) groups excluding carboxylic acids is 1.